The molecule has 1 heterocycles. The van der Waals surface area contributed by atoms with Crippen LogP contribution in [0.4, 0.5) is 0 Å². The van der Waals surface area contributed by atoms with Crippen molar-refractivity contribution < 1.29 is 14.3 Å². The van der Waals surface area contributed by atoms with Crippen LogP contribution in [0.3, 0.4) is 0 Å². The van der Waals surface area contributed by atoms with Crippen LogP contribution in [0.15, 0.2) is 30.3 Å². The van der Waals surface area contributed by atoms with Gasteiger partial charge < -0.3 is 10.1 Å². The average molecular weight is 341 g/mol. The van der Waals surface area contributed by atoms with Crippen LogP contribution < -0.4 is 5.32 Å². The highest BCUT2D eigenvalue weighted by Gasteiger charge is 2.25. The number of aromatic nitrogens is 2. The summed E-state index contributed by atoms with van der Waals surface area (Å²) < 4.78 is 5.70. The quantitative estimate of drug-likeness (QED) is 0.647. The van der Waals surface area contributed by atoms with Crippen LogP contribution in [0.2, 0.25) is 0 Å². The summed E-state index contributed by atoms with van der Waals surface area (Å²) in [6.45, 7) is 1.68. The summed E-state index contributed by atoms with van der Waals surface area (Å²) in [4.78, 5) is 24.0. The molecule has 132 valence electrons. The summed E-state index contributed by atoms with van der Waals surface area (Å²) in [6, 6.07) is 9.42. The molecule has 2 N–H and O–H groups in total. The van der Waals surface area contributed by atoms with Gasteiger partial charge in [0.1, 0.15) is 6.10 Å². The molecule has 0 unspecified atom stereocenters. The Morgan fingerprint density at radius 1 is 1.20 bits per heavy atom. The lowest BCUT2D eigenvalue weighted by Gasteiger charge is -2.18. The Balaban J connectivity index is 1.78. The minimum absolute atomic E-state index is 0.161. The number of amides is 1. The Labute approximate surface area is 147 Å². The number of hydrogen-bond donors (Lipinski definition) is 2. The largest absolute Gasteiger partial charge is 0.451 e. The molecule has 2 aromatic rings. The summed E-state index contributed by atoms with van der Waals surface area (Å²) in [5.74, 6) is -0.607. The Kier molecular flexibility index (Phi) is 5.48. The molecule has 0 spiro atoms. The summed E-state index contributed by atoms with van der Waals surface area (Å²) >= 11 is 0. The molecule has 1 aliphatic carbocycles. The van der Waals surface area contributed by atoms with Gasteiger partial charge in [0.25, 0.3) is 0 Å². The third kappa shape index (κ3) is 4.26. The van der Waals surface area contributed by atoms with Crippen LogP contribution in [-0.2, 0) is 22.4 Å². The van der Waals surface area contributed by atoms with E-state index in [1.807, 2.05) is 30.3 Å². The minimum atomic E-state index is -0.546. The van der Waals surface area contributed by atoms with E-state index in [2.05, 4.69) is 15.5 Å². The van der Waals surface area contributed by atoms with E-state index in [1.54, 1.807) is 0 Å². The van der Waals surface area contributed by atoms with Gasteiger partial charge in [-0.05, 0) is 31.2 Å². The molecule has 1 atom stereocenters. The third-order valence-electron chi connectivity index (χ3n) is 4.46. The third-order valence-corrected chi connectivity index (χ3v) is 4.46. The lowest BCUT2D eigenvalue weighted by Crippen LogP contribution is -2.29. The molecule has 1 aromatic carbocycles. The van der Waals surface area contributed by atoms with Crippen LogP contribution in [0.5, 0.6) is 0 Å². The number of nitrogens with zero attached hydrogens (tertiary/aromatic N) is 1. The minimum Gasteiger partial charge on any atom is -0.451 e. The number of ether oxygens (including phenoxy) is 1. The van der Waals surface area contributed by atoms with Crippen molar-refractivity contribution in [2.45, 2.75) is 45.1 Å². The van der Waals surface area contributed by atoms with Gasteiger partial charge >= 0.3 is 5.97 Å². The van der Waals surface area contributed by atoms with Crippen molar-refractivity contribution in [3.05, 3.63) is 52.8 Å². The predicted molar refractivity (Wildman–Crippen MR) is 93.1 cm³/mol. The van der Waals surface area contributed by atoms with Crippen LogP contribution >= 0.6 is 0 Å². The summed E-state index contributed by atoms with van der Waals surface area (Å²) in [7, 11) is 0. The standard InChI is InChI=1S/C19H23N3O3/c1-13(23)20-12-17(14-8-4-2-5-9-14)25-19(24)18-15-10-6-3-7-11-16(15)21-22-18/h2,4-5,8-9,17H,3,6-7,10-12H2,1H3,(H,20,23)(H,21,22)/t17-/m1/s1. The Hall–Kier alpha value is -2.63. The van der Waals surface area contributed by atoms with Crippen molar-refractivity contribution in [2.24, 2.45) is 0 Å². The SMILES string of the molecule is CC(=O)NC[C@@H](OC(=O)c1n[nH]c2c1CCCCC2)c1ccccc1. The fourth-order valence-electron chi connectivity index (χ4n) is 3.14. The molecular formula is C19H23N3O3. The zero-order chi connectivity index (χ0) is 17.6. The van der Waals surface area contributed by atoms with Crippen molar-refractivity contribution in [2.75, 3.05) is 6.54 Å². The number of hydrogen-bond acceptors (Lipinski definition) is 4. The van der Waals surface area contributed by atoms with Gasteiger partial charge in [-0.25, -0.2) is 4.79 Å². The van der Waals surface area contributed by atoms with Crippen molar-refractivity contribution in [1.82, 2.24) is 15.5 Å². The van der Waals surface area contributed by atoms with E-state index in [9.17, 15) is 9.59 Å². The maximum Gasteiger partial charge on any atom is 0.359 e. The molecule has 0 bridgehead atoms. The molecule has 6 nitrogen and oxygen atoms in total. The lowest BCUT2D eigenvalue weighted by molar-refractivity contribution is -0.119. The number of aromatic amines is 1. The molecule has 0 aliphatic heterocycles. The monoisotopic (exact) mass is 341 g/mol. The number of aryl methyl sites for hydroxylation is 1. The normalized spacial score (nSPS) is 14.9. The van der Waals surface area contributed by atoms with E-state index in [1.165, 1.54) is 6.92 Å². The number of carbonyl (C=O) groups is 2. The smallest absolute Gasteiger partial charge is 0.359 e. The zero-order valence-electron chi connectivity index (χ0n) is 14.4. The maximum absolute atomic E-state index is 12.7. The van der Waals surface area contributed by atoms with Gasteiger partial charge in [0.05, 0.1) is 6.54 Å². The number of esters is 1. The molecule has 0 fully saturated rings. The molecule has 25 heavy (non-hydrogen) atoms. The van der Waals surface area contributed by atoms with E-state index >= 15 is 0 Å². The number of nitrogens with one attached hydrogen (secondary N) is 2. The highest BCUT2D eigenvalue weighted by atomic mass is 16.5. The van der Waals surface area contributed by atoms with Gasteiger partial charge in [-0.15, -0.1) is 0 Å². The first-order valence-electron chi connectivity index (χ1n) is 8.71. The summed E-state index contributed by atoms with van der Waals surface area (Å²) in [5.41, 5.74) is 3.24. The first-order chi connectivity index (χ1) is 12.1. The molecule has 0 saturated carbocycles. The number of benzene rings is 1. The molecule has 6 heteroatoms. The van der Waals surface area contributed by atoms with Gasteiger partial charge in [0.15, 0.2) is 5.69 Å². The number of H-pyrrole nitrogens is 1. The Morgan fingerprint density at radius 2 is 1.96 bits per heavy atom. The van der Waals surface area contributed by atoms with E-state index in [0.717, 1.165) is 48.9 Å². The highest BCUT2D eigenvalue weighted by molar-refractivity contribution is 5.89. The van der Waals surface area contributed by atoms with E-state index in [-0.39, 0.29) is 12.5 Å². The molecule has 1 aliphatic rings. The summed E-state index contributed by atoms with van der Waals surface area (Å²) in [5, 5.41) is 9.91. The van der Waals surface area contributed by atoms with Gasteiger partial charge in [-0.2, -0.15) is 5.10 Å². The van der Waals surface area contributed by atoms with Gasteiger partial charge in [-0.1, -0.05) is 36.8 Å². The first-order valence-corrected chi connectivity index (χ1v) is 8.71. The van der Waals surface area contributed by atoms with E-state index < -0.39 is 12.1 Å². The predicted octanol–water partition coefficient (Wildman–Crippen LogP) is 2.71. The van der Waals surface area contributed by atoms with E-state index in [0.29, 0.717) is 5.69 Å². The zero-order valence-corrected chi connectivity index (χ0v) is 14.4. The maximum atomic E-state index is 12.7. The van der Waals surface area contributed by atoms with Crippen molar-refractivity contribution in [3.8, 4) is 0 Å². The second-order valence-electron chi connectivity index (χ2n) is 6.33. The molecule has 1 amide bonds. The van der Waals surface area contributed by atoms with Crippen molar-refractivity contribution in [1.29, 1.82) is 0 Å². The van der Waals surface area contributed by atoms with Crippen LogP contribution in [0.25, 0.3) is 0 Å². The molecule has 0 saturated heterocycles. The topological polar surface area (TPSA) is 84.1 Å². The highest BCUT2D eigenvalue weighted by Crippen LogP contribution is 2.24. The van der Waals surface area contributed by atoms with Crippen LogP contribution in [-0.4, -0.2) is 28.6 Å². The van der Waals surface area contributed by atoms with Crippen LogP contribution in [0.1, 0.15) is 59.6 Å². The number of rotatable bonds is 5. The average Bonchev–Trinajstić information content (AvgIpc) is 2.88. The van der Waals surface area contributed by atoms with Gasteiger partial charge in [0, 0.05) is 18.2 Å². The van der Waals surface area contributed by atoms with Gasteiger partial charge in [-0.3, -0.25) is 9.89 Å². The van der Waals surface area contributed by atoms with Crippen LogP contribution in [0, 0.1) is 0 Å². The second-order valence-corrected chi connectivity index (χ2v) is 6.33. The second kappa shape index (κ2) is 7.96. The molecule has 3 rings (SSSR count). The van der Waals surface area contributed by atoms with Crippen molar-refractivity contribution in [3.63, 3.8) is 0 Å². The van der Waals surface area contributed by atoms with Gasteiger partial charge in [0.2, 0.25) is 5.91 Å². The fourth-order valence-corrected chi connectivity index (χ4v) is 3.14. The van der Waals surface area contributed by atoms with E-state index in [4.69, 9.17) is 4.74 Å². The number of fused-ring (bicyclic) bond motifs is 1. The Morgan fingerprint density at radius 3 is 2.72 bits per heavy atom. The molecule has 0 radical (unpaired) electrons. The Bertz CT molecular complexity index is 740. The van der Waals surface area contributed by atoms with Crippen molar-refractivity contribution >= 4 is 11.9 Å². The first kappa shape index (κ1) is 17.2. The summed E-state index contributed by atoms with van der Waals surface area (Å²) in [6.07, 6.45) is 4.55. The lowest BCUT2D eigenvalue weighted by atomic mass is 10.1. The fraction of sp³-hybridized carbons (Fsp3) is 0.421. The molecule has 1 aromatic heterocycles. The number of carbonyl (C=O) groups excluding carboxylic acids is 2. The molecular weight excluding hydrogens is 318 g/mol.